The molecule has 0 radical (unpaired) electrons. The van der Waals surface area contributed by atoms with E-state index in [2.05, 4.69) is 71.2 Å². The molecule has 0 aliphatic heterocycles. The fourth-order valence-electron chi connectivity index (χ4n) is 2.45. The molecule has 0 spiro atoms. The van der Waals surface area contributed by atoms with Crippen LogP contribution in [-0.4, -0.2) is 14.4 Å². The number of hydrogen-bond donors (Lipinski definition) is 0. The Balaban J connectivity index is 2.19. The minimum Gasteiger partial charge on any atom is -0.412 e. The predicted octanol–water partition coefficient (Wildman–Crippen LogP) is 4.84. The van der Waals surface area contributed by atoms with Crippen molar-refractivity contribution in [3.05, 3.63) is 36.0 Å². The van der Waals surface area contributed by atoms with Crippen molar-refractivity contribution in [3.8, 4) is 0 Å². The quantitative estimate of drug-likeness (QED) is 0.647. The van der Waals surface area contributed by atoms with Crippen LogP contribution in [0.5, 0.6) is 0 Å². The molecule has 0 aromatic rings. The highest BCUT2D eigenvalue weighted by molar-refractivity contribution is 6.74. The Morgan fingerprint density at radius 3 is 2.56 bits per heavy atom. The summed E-state index contributed by atoms with van der Waals surface area (Å²) in [5, 5.41) is 0.278. The molecular weight excluding hydrogens is 236 g/mol. The zero-order valence-electron chi connectivity index (χ0n) is 12.6. The Bertz CT molecular complexity index is 423. The molecule has 2 aliphatic rings. The molecule has 2 aliphatic carbocycles. The maximum Gasteiger partial charge on any atom is 0.192 e. The molecule has 0 saturated carbocycles. The van der Waals surface area contributed by atoms with Gasteiger partial charge in [0.05, 0.1) is 6.10 Å². The van der Waals surface area contributed by atoms with Crippen LogP contribution < -0.4 is 0 Å². The van der Waals surface area contributed by atoms with Crippen molar-refractivity contribution in [2.45, 2.75) is 58.4 Å². The molecule has 0 amide bonds. The highest BCUT2D eigenvalue weighted by Crippen LogP contribution is 2.48. The van der Waals surface area contributed by atoms with E-state index in [1.807, 2.05) is 0 Å². The fraction of sp³-hybridized carbons (Fsp3) is 0.625. The van der Waals surface area contributed by atoms with Crippen LogP contribution in [0.4, 0.5) is 0 Å². The van der Waals surface area contributed by atoms with Crippen LogP contribution in [0.15, 0.2) is 36.0 Å². The molecule has 2 unspecified atom stereocenters. The number of hydrogen-bond acceptors (Lipinski definition) is 1. The molecule has 0 N–H and O–H groups in total. The van der Waals surface area contributed by atoms with Gasteiger partial charge in [-0.25, -0.2) is 0 Å². The summed E-state index contributed by atoms with van der Waals surface area (Å²) in [7, 11) is -1.68. The van der Waals surface area contributed by atoms with Crippen molar-refractivity contribution >= 4 is 8.32 Å². The summed E-state index contributed by atoms with van der Waals surface area (Å²) in [5.74, 6) is 0. The Morgan fingerprint density at radius 1 is 1.28 bits per heavy atom. The van der Waals surface area contributed by atoms with Crippen molar-refractivity contribution in [2.75, 3.05) is 0 Å². The molecule has 0 saturated heterocycles. The first-order chi connectivity index (χ1) is 8.17. The molecule has 100 valence electrons. The van der Waals surface area contributed by atoms with Gasteiger partial charge in [-0.05, 0) is 37.0 Å². The van der Waals surface area contributed by atoms with E-state index in [0.717, 1.165) is 6.42 Å². The van der Waals surface area contributed by atoms with E-state index in [1.165, 1.54) is 5.57 Å². The van der Waals surface area contributed by atoms with E-state index >= 15 is 0 Å². The van der Waals surface area contributed by atoms with Gasteiger partial charge in [0, 0.05) is 5.41 Å². The lowest BCUT2D eigenvalue weighted by molar-refractivity contribution is 0.118. The van der Waals surface area contributed by atoms with Crippen LogP contribution in [-0.2, 0) is 4.43 Å². The zero-order valence-corrected chi connectivity index (χ0v) is 13.6. The van der Waals surface area contributed by atoms with Crippen molar-refractivity contribution in [3.63, 3.8) is 0 Å². The van der Waals surface area contributed by atoms with Gasteiger partial charge in [0.25, 0.3) is 0 Å². The molecule has 0 bridgehead atoms. The normalized spacial score (nSPS) is 31.4. The minimum atomic E-state index is -1.68. The van der Waals surface area contributed by atoms with E-state index in [9.17, 15) is 0 Å². The third-order valence-electron chi connectivity index (χ3n) is 4.92. The summed E-state index contributed by atoms with van der Waals surface area (Å²) in [5.41, 5.74) is 1.51. The second kappa shape index (κ2) is 4.21. The zero-order chi connectivity index (χ0) is 13.6. The van der Waals surface area contributed by atoms with Gasteiger partial charge in [-0.15, -0.1) is 0 Å². The van der Waals surface area contributed by atoms with Crippen molar-refractivity contribution in [1.82, 2.24) is 0 Å². The Kier molecular flexibility index (Phi) is 3.23. The van der Waals surface area contributed by atoms with Gasteiger partial charge in [-0.1, -0.05) is 51.2 Å². The largest absolute Gasteiger partial charge is 0.412 e. The van der Waals surface area contributed by atoms with E-state index in [1.54, 1.807) is 0 Å². The van der Waals surface area contributed by atoms with Gasteiger partial charge in [0.15, 0.2) is 8.32 Å². The molecule has 0 aromatic carbocycles. The van der Waals surface area contributed by atoms with Gasteiger partial charge in [-0.2, -0.15) is 0 Å². The number of rotatable bonds is 2. The Morgan fingerprint density at radius 2 is 1.94 bits per heavy atom. The van der Waals surface area contributed by atoms with E-state index in [4.69, 9.17) is 4.43 Å². The summed E-state index contributed by atoms with van der Waals surface area (Å²) in [6.07, 6.45) is 12.5. The standard InChI is InChI=1S/C16H26OSi/c1-15(2,3)18(5,6)17-14-11-10-13-9-7-8-12-16(13,14)4/h7-10,12,14H,11H2,1-6H3. The van der Waals surface area contributed by atoms with Gasteiger partial charge in [-0.3, -0.25) is 0 Å². The van der Waals surface area contributed by atoms with Gasteiger partial charge in [0.2, 0.25) is 0 Å². The molecule has 0 aromatic heterocycles. The molecule has 1 nitrogen and oxygen atoms in total. The summed E-state index contributed by atoms with van der Waals surface area (Å²) in [4.78, 5) is 0. The van der Waals surface area contributed by atoms with Crippen LogP contribution in [0.2, 0.25) is 18.1 Å². The van der Waals surface area contributed by atoms with Crippen LogP contribution in [0.25, 0.3) is 0 Å². The lowest BCUT2D eigenvalue weighted by Gasteiger charge is -2.43. The van der Waals surface area contributed by atoms with Crippen LogP contribution >= 0.6 is 0 Å². The molecule has 0 fully saturated rings. The molecule has 18 heavy (non-hydrogen) atoms. The SMILES string of the molecule is CC12C=CC=CC1=CCC2O[Si](C)(C)C(C)(C)C. The average molecular weight is 262 g/mol. The topological polar surface area (TPSA) is 9.23 Å². The summed E-state index contributed by atoms with van der Waals surface area (Å²) in [6.45, 7) is 13.9. The van der Waals surface area contributed by atoms with Crippen molar-refractivity contribution in [1.29, 1.82) is 0 Å². The molecule has 2 rings (SSSR count). The lowest BCUT2D eigenvalue weighted by Crippen LogP contribution is -2.47. The Labute approximate surface area is 113 Å². The van der Waals surface area contributed by atoms with Crippen molar-refractivity contribution < 1.29 is 4.43 Å². The molecule has 0 heterocycles. The van der Waals surface area contributed by atoms with Gasteiger partial charge in [0.1, 0.15) is 0 Å². The first-order valence-electron chi connectivity index (χ1n) is 6.91. The number of allylic oxidation sites excluding steroid dienone is 3. The Hall–Kier alpha value is -0.603. The first kappa shape index (κ1) is 13.8. The van der Waals surface area contributed by atoms with E-state index in [0.29, 0.717) is 6.10 Å². The van der Waals surface area contributed by atoms with E-state index < -0.39 is 8.32 Å². The minimum absolute atomic E-state index is 0.0876. The maximum absolute atomic E-state index is 6.64. The van der Waals surface area contributed by atoms with Crippen LogP contribution in [0.1, 0.15) is 34.1 Å². The third kappa shape index (κ3) is 2.16. The molecular formula is C16H26OSi. The third-order valence-corrected chi connectivity index (χ3v) is 9.40. The highest BCUT2D eigenvalue weighted by atomic mass is 28.4. The summed E-state index contributed by atoms with van der Waals surface area (Å²) in [6, 6.07) is 0. The first-order valence-corrected chi connectivity index (χ1v) is 9.82. The molecule has 2 atom stereocenters. The second-order valence-corrected chi connectivity index (χ2v) is 12.0. The summed E-state index contributed by atoms with van der Waals surface area (Å²) >= 11 is 0. The lowest BCUT2D eigenvalue weighted by atomic mass is 9.79. The van der Waals surface area contributed by atoms with Crippen molar-refractivity contribution in [2.24, 2.45) is 5.41 Å². The van der Waals surface area contributed by atoms with Gasteiger partial charge < -0.3 is 4.43 Å². The average Bonchev–Trinajstić information content (AvgIpc) is 2.54. The van der Waals surface area contributed by atoms with Gasteiger partial charge >= 0.3 is 0 Å². The smallest absolute Gasteiger partial charge is 0.192 e. The van der Waals surface area contributed by atoms with Crippen LogP contribution in [0, 0.1) is 5.41 Å². The summed E-state index contributed by atoms with van der Waals surface area (Å²) < 4.78 is 6.64. The second-order valence-electron chi connectivity index (χ2n) is 7.26. The molecule has 2 heteroatoms. The maximum atomic E-state index is 6.64. The predicted molar refractivity (Wildman–Crippen MR) is 81.2 cm³/mol. The van der Waals surface area contributed by atoms with Crippen LogP contribution in [0.3, 0.4) is 0 Å². The monoisotopic (exact) mass is 262 g/mol. The highest BCUT2D eigenvalue weighted by Gasteiger charge is 2.46. The van der Waals surface area contributed by atoms with E-state index in [-0.39, 0.29) is 10.5 Å². The fourth-order valence-corrected chi connectivity index (χ4v) is 3.86. The number of fused-ring (bicyclic) bond motifs is 1.